The number of rotatable bonds is 14. The first-order valence-electron chi connectivity index (χ1n) is 22.2. The van der Waals surface area contributed by atoms with Crippen molar-refractivity contribution in [3.63, 3.8) is 0 Å². The van der Waals surface area contributed by atoms with E-state index in [0.29, 0.717) is 46.8 Å². The molecular formula is C50H45F6N5O10. The van der Waals surface area contributed by atoms with Gasteiger partial charge < -0.3 is 33.2 Å². The summed E-state index contributed by atoms with van der Waals surface area (Å²) in [4.78, 5) is 34.8. The predicted octanol–water partition coefficient (Wildman–Crippen LogP) is 10.3. The standard InChI is InChI=1S/C33H34F3N3O7.C17H11F3N2O3/c1-3-45-31(40)18-22-9-12-29(30(17-22)44-2)46-25-13-15-37(16-14-25)21-32(41,33(34,35)36)27-20-38(23-7-5-4-6-8-23)28-19-24(39(42)43)10-11-26(27)28;18-17(19,20)16(10-25-16)14-9-21(11-4-2-1-3-5-11)15-8-12(22(23)24)6-7-13(14)15/h4-12,17,19-20,25,41H,3,13-16,18,21H2,1-2H3;1-9H,10H2. The third-order valence-electron chi connectivity index (χ3n) is 12.5. The molecule has 0 saturated carbocycles. The number of non-ortho nitro benzene ring substituents is 2. The Balaban J connectivity index is 0.000000226. The van der Waals surface area contributed by atoms with Crippen molar-refractivity contribution in [1.82, 2.24) is 14.0 Å². The third-order valence-corrected chi connectivity index (χ3v) is 12.5. The molecule has 7 aromatic rings. The van der Waals surface area contributed by atoms with Crippen LogP contribution in [0.5, 0.6) is 11.5 Å². The molecule has 2 aliphatic rings. The van der Waals surface area contributed by atoms with E-state index >= 15 is 0 Å². The number of piperidine rings is 1. The number of epoxide rings is 1. The molecule has 0 aliphatic carbocycles. The Kier molecular flexibility index (Phi) is 13.9. The number of methoxy groups -OCH3 is 1. The molecule has 2 saturated heterocycles. The Bertz CT molecular complexity index is 3080. The number of carbonyl (C=O) groups excluding carboxylic acids is 1. The van der Waals surface area contributed by atoms with E-state index in [1.807, 2.05) is 0 Å². The van der Waals surface area contributed by atoms with E-state index in [1.54, 1.807) is 90.7 Å². The Hall–Kier alpha value is -7.49. The highest BCUT2D eigenvalue weighted by molar-refractivity contribution is 5.90. The van der Waals surface area contributed by atoms with E-state index in [1.165, 1.54) is 59.0 Å². The smallest absolute Gasteiger partial charge is 0.424 e. The molecule has 0 spiro atoms. The normalized spacial score (nSPS) is 17.3. The van der Waals surface area contributed by atoms with Crippen molar-refractivity contribution >= 4 is 39.1 Å². The molecule has 4 heterocycles. The minimum atomic E-state index is -5.06. The number of ether oxygens (including phenoxy) is 4. The minimum Gasteiger partial charge on any atom is -0.493 e. The van der Waals surface area contributed by atoms with Gasteiger partial charge in [0.1, 0.15) is 6.10 Å². The number of nitro benzene ring substituents is 2. The number of halogens is 6. The molecule has 71 heavy (non-hydrogen) atoms. The van der Waals surface area contributed by atoms with Crippen molar-refractivity contribution in [2.24, 2.45) is 0 Å². The van der Waals surface area contributed by atoms with Crippen molar-refractivity contribution in [2.45, 2.75) is 55.8 Å². The lowest BCUT2D eigenvalue weighted by Gasteiger charge is -2.39. The van der Waals surface area contributed by atoms with Gasteiger partial charge in [0.25, 0.3) is 11.4 Å². The summed E-state index contributed by atoms with van der Waals surface area (Å²) in [5.41, 5.74) is -4.22. The van der Waals surface area contributed by atoms with E-state index in [9.17, 15) is 56.5 Å². The number of carbonyl (C=O) groups is 1. The van der Waals surface area contributed by atoms with Gasteiger partial charge in [0.05, 0.1) is 47.6 Å². The topological polar surface area (TPSA) is 177 Å². The monoisotopic (exact) mass is 989 g/mol. The fourth-order valence-corrected chi connectivity index (χ4v) is 8.77. The molecule has 0 bridgehead atoms. The largest absolute Gasteiger partial charge is 0.493 e. The van der Waals surface area contributed by atoms with E-state index in [0.717, 1.165) is 6.07 Å². The van der Waals surface area contributed by atoms with Crippen LogP contribution in [0.3, 0.4) is 0 Å². The number of nitrogens with zero attached hydrogens (tertiary/aromatic N) is 5. The summed E-state index contributed by atoms with van der Waals surface area (Å²) in [5, 5.41) is 34.4. The van der Waals surface area contributed by atoms with Gasteiger partial charge in [-0.25, -0.2) is 0 Å². The summed E-state index contributed by atoms with van der Waals surface area (Å²) >= 11 is 0. The number of aromatic nitrogens is 2. The van der Waals surface area contributed by atoms with Crippen LogP contribution in [0.4, 0.5) is 37.7 Å². The summed E-state index contributed by atoms with van der Waals surface area (Å²) < 4.78 is 109. The van der Waals surface area contributed by atoms with Gasteiger partial charge >= 0.3 is 18.3 Å². The average Bonchev–Trinajstić information content (AvgIpc) is 3.95. The molecule has 21 heteroatoms. The van der Waals surface area contributed by atoms with Crippen molar-refractivity contribution in [3.8, 4) is 22.9 Å². The fraction of sp³-hybridized carbons (Fsp3) is 0.300. The zero-order valence-corrected chi connectivity index (χ0v) is 38.0. The number of esters is 1. The molecule has 2 unspecified atom stereocenters. The predicted molar refractivity (Wildman–Crippen MR) is 247 cm³/mol. The highest BCUT2D eigenvalue weighted by Crippen LogP contribution is 2.54. The van der Waals surface area contributed by atoms with Crippen LogP contribution in [0.1, 0.15) is 36.5 Å². The van der Waals surface area contributed by atoms with Gasteiger partial charge in [-0.2, -0.15) is 26.3 Å². The van der Waals surface area contributed by atoms with Crippen LogP contribution >= 0.6 is 0 Å². The lowest BCUT2D eigenvalue weighted by atomic mass is 9.91. The maximum absolute atomic E-state index is 14.8. The van der Waals surface area contributed by atoms with Crippen molar-refractivity contribution in [1.29, 1.82) is 0 Å². The van der Waals surface area contributed by atoms with Gasteiger partial charge in [0, 0.05) is 89.6 Å². The number of aliphatic hydroxyl groups is 1. The van der Waals surface area contributed by atoms with E-state index < -0.39 is 46.6 Å². The fourth-order valence-electron chi connectivity index (χ4n) is 8.77. The van der Waals surface area contributed by atoms with Gasteiger partial charge in [0.2, 0.25) is 11.2 Å². The lowest BCUT2D eigenvalue weighted by molar-refractivity contribution is -0.384. The first kappa shape index (κ1) is 49.9. The number of para-hydroxylation sites is 2. The van der Waals surface area contributed by atoms with Crippen LogP contribution in [0, 0.1) is 20.2 Å². The van der Waals surface area contributed by atoms with Crippen molar-refractivity contribution < 1.29 is 65.0 Å². The van der Waals surface area contributed by atoms with Crippen molar-refractivity contribution in [2.75, 3.05) is 40.0 Å². The van der Waals surface area contributed by atoms with Gasteiger partial charge in [-0.1, -0.05) is 42.5 Å². The second-order valence-electron chi connectivity index (χ2n) is 16.9. The second-order valence-corrected chi connectivity index (χ2v) is 16.9. The maximum atomic E-state index is 14.8. The van der Waals surface area contributed by atoms with Gasteiger partial charge in [0.15, 0.2) is 11.5 Å². The van der Waals surface area contributed by atoms with E-state index in [-0.39, 0.29) is 77.0 Å². The zero-order valence-electron chi connectivity index (χ0n) is 38.0. The number of nitro groups is 2. The van der Waals surface area contributed by atoms with Crippen LogP contribution < -0.4 is 9.47 Å². The number of alkyl halides is 6. The summed E-state index contributed by atoms with van der Waals surface area (Å²) in [6.07, 6.45) is -6.53. The molecule has 0 radical (unpaired) electrons. The molecule has 0 amide bonds. The number of fused-ring (bicyclic) bond motifs is 2. The summed E-state index contributed by atoms with van der Waals surface area (Å²) in [6.45, 7) is 1.24. The first-order valence-corrected chi connectivity index (χ1v) is 22.2. The first-order chi connectivity index (χ1) is 33.8. The Morgan fingerprint density at radius 2 is 1.32 bits per heavy atom. The highest BCUT2D eigenvalue weighted by Gasteiger charge is 2.68. The quantitative estimate of drug-likeness (QED) is 0.0361. The van der Waals surface area contributed by atoms with Crippen LogP contribution in [-0.4, -0.2) is 93.4 Å². The second kappa shape index (κ2) is 19.7. The number of hydrogen-bond donors (Lipinski definition) is 1. The number of β-amino-alcohol motifs (C(OH)–C–C–N with tert-alkyl or cyclic N) is 1. The van der Waals surface area contributed by atoms with Gasteiger partial charge in [-0.3, -0.25) is 29.9 Å². The SMILES string of the molecule is CCOC(=O)Cc1ccc(OC2CCN(CC(O)(c3cn(-c4ccccc4)c4cc([N+](=O)[O-])ccc34)C(F)(F)F)CC2)c(OC)c1.O=[N+]([O-])c1ccc2c(C3(C(F)(F)F)CO3)cn(-c3ccccc3)c2c1. The number of benzene rings is 5. The Morgan fingerprint density at radius 1 is 0.775 bits per heavy atom. The zero-order chi connectivity index (χ0) is 50.9. The molecule has 15 nitrogen and oxygen atoms in total. The Labute approximate surface area is 400 Å². The minimum absolute atomic E-state index is 0.0336. The van der Waals surface area contributed by atoms with Gasteiger partial charge in [-0.15, -0.1) is 0 Å². The van der Waals surface area contributed by atoms with Crippen LogP contribution in [0.2, 0.25) is 0 Å². The number of hydrogen-bond acceptors (Lipinski definition) is 11. The Morgan fingerprint density at radius 3 is 1.83 bits per heavy atom. The van der Waals surface area contributed by atoms with Crippen LogP contribution in [0.15, 0.2) is 128 Å². The third kappa shape index (κ3) is 10.1. The molecule has 2 aliphatic heterocycles. The average molecular weight is 990 g/mol. The molecule has 2 fully saturated rings. The summed E-state index contributed by atoms with van der Waals surface area (Å²) in [6, 6.07) is 29.7. The molecule has 2 atom stereocenters. The molecule has 2 aromatic heterocycles. The molecule has 372 valence electrons. The van der Waals surface area contributed by atoms with Crippen LogP contribution in [0.25, 0.3) is 33.2 Å². The maximum Gasteiger partial charge on any atom is 0.424 e. The molecule has 5 aromatic carbocycles. The highest BCUT2D eigenvalue weighted by atomic mass is 19.4. The summed E-state index contributed by atoms with van der Waals surface area (Å²) in [7, 11) is 1.48. The van der Waals surface area contributed by atoms with Gasteiger partial charge in [-0.05, 0) is 73.9 Å². The van der Waals surface area contributed by atoms with E-state index in [2.05, 4.69) is 0 Å². The number of likely N-dealkylation sites (tertiary alicyclic amines) is 1. The van der Waals surface area contributed by atoms with Crippen molar-refractivity contribution in [3.05, 3.63) is 165 Å². The molecule has 9 rings (SSSR count). The molecule has 1 N–H and O–H groups in total. The molecular weight excluding hydrogens is 945 g/mol. The van der Waals surface area contributed by atoms with E-state index in [4.69, 9.17) is 18.9 Å². The lowest BCUT2D eigenvalue weighted by Crippen LogP contribution is -2.53. The van der Waals surface area contributed by atoms with Crippen LogP contribution in [-0.2, 0) is 31.9 Å². The summed E-state index contributed by atoms with van der Waals surface area (Å²) in [5.74, 6) is 0.504.